The minimum absolute atomic E-state index is 0.113. The van der Waals surface area contributed by atoms with Gasteiger partial charge in [0.15, 0.2) is 5.82 Å². The molecule has 7 heteroatoms. The minimum atomic E-state index is -0.113. The zero-order chi connectivity index (χ0) is 13.5. The summed E-state index contributed by atoms with van der Waals surface area (Å²) in [6.07, 6.45) is 3.83. The van der Waals surface area contributed by atoms with Crippen LogP contribution in [0.25, 0.3) is 0 Å². The Morgan fingerprint density at radius 1 is 1.32 bits per heavy atom. The molecular formula is C12H19N7. The number of rotatable bonds is 3. The van der Waals surface area contributed by atoms with Crippen LogP contribution in [0, 0.1) is 0 Å². The molecule has 7 nitrogen and oxygen atoms in total. The predicted molar refractivity (Wildman–Crippen MR) is 69.4 cm³/mol. The van der Waals surface area contributed by atoms with Crippen molar-refractivity contribution in [1.82, 2.24) is 34.9 Å². The smallest absolute Gasteiger partial charge is 0.188 e. The molecule has 0 bridgehead atoms. The molecule has 1 aliphatic rings. The first-order valence-electron chi connectivity index (χ1n) is 6.53. The second-order valence-electron chi connectivity index (χ2n) is 6.00. The Morgan fingerprint density at radius 2 is 2.11 bits per heavy atom. The van der Waals surface area contributed by atoms with E-state index in [9.17, 15) is 0 Å². The van der Waals surface area contributed by atoms with E-state index in [0.29, 0.717) is 6.04 Å². The molecule has 0 atom stereocenters. The van der Waals surface area contributed by atoms with Gasteiger partial charge < -0.3 is 0 Å². The van der Waals surface area contributed by atoms with Crippen LogP contribution in [0.2, 0.25) is 0 Å². The van der Waals surface area contributed by atoms with Crippen LogP contribution in [0.15, 0.2) is 18.5 Å². The van der Waals surface area contributed by atoms with Gasteiger partial charge in [-0.25, -0.2) is 0 Å². The molecule has 1 saturated heterocycles. The lowest BCUT2D eigenvalue weighted by Gasteiger charge is -2.38. The standard InChI is InChI=1S/C12H19N7/c1-12(2,3)19-15-11(14-16-19)9-17-7-10(8-17)18-6-4-5-13-18/h4-6,10H,7-9H2,1-3H3. The van der Waals surface area contributed by atoms with E-state index in [2.05, 4.69) is 46.2 Å². The molecule has 0 radical (unpaired) electrons. The van der Waals surface area contributed by atoms with Crippen LogP contribution < -0.4 is 0 Å². The molecule has 0 aromatic carbocycles. The lowest BCUT2D eigenvalue weighted by molar-refractivity contribution is 0.0878. The molecule has 2 aromatic heterocycles. The third kappa shape index (κ3) is 2.51. The Bertz CT molecular complexity index is 531. The van der Waals surface area contributed by atoms with Gasteiger partial charge in [-0.15, -0.1) is 10.2 Å². The van der Waals surface area contributed by atoms with E-state index < -0.39 is 0 Å². The van der Waals surface area contributed by atoms with Crippen LogP contribution in [0.1, 0.15) is 32.6 Å². The second kappa shape index (κ2) is 4.41. The van der Waals surface area contributed by atoms with Crippen molar-refractivity contribution in [3.8, 4) is 0 Å². The predicted octanol–water partition coefficient (Wildman–Crippen LogP) is 0.681. The maximum absolute atomic E-state index is 4.42. The summed E-state index contributed by atoms with van der Waals surface area (Å²) in [5, 5.41) is 16.9. The van der Waals surface area contributed by atoms with Gasteiger partial charge in [0.25, 0.3) is 0 Å². The number of nitrogens with zero attached hydrogens (tertiary/aromatic N) is 7. The average molecular weight is 261 g/mol. The van der Waals surface area contributed by atoms with Crippen LogP contribution in [0.4, 0.5) is 0 Å². The number of aromatic nitrogens is 6. The first-order valence-corrected chi connectivity index (χ1v) is 6.53. The van der Waals surface area contributed by atoms with Gasteiger partial charge in [-0.05, 0) is 32.1 Å². The van der Waals surface area contributed by atoms with Crippen molar-refractivity contribution in [1.29, 1.82) is 0 Å². The lowest BCUT2D eigenvalue weighted by Crippen LogP contribution is -2.47. The van der Waals surface area contributed by atoms with Gasteiger partial charge in [0.05, 0.1) is 18.1 Å². The molecular weight excluding hydrogens is 242 g/mol. The molecule has 0 spiro atoms. The molecule has 2 aromatic rings. The Balaban J connectivity index is 1.55. The average Bonchev–Trinajstić information content (AvgIpc) is 2.93. The lowest BCUT2D eigenvalue weighted by atomic mass is 10.1. The molecule has 3 heterocycles. The van der Waals surface area contributed by atoms with Crippen molar-refractivity contribution < 1.29 is 0 Å². The fourth-order valence-electron chi connectivity index (χ4n) is 2.13. The summed E-state index contributed by atoms with van der Waals surface area (Å²) in [6, 6.07) is 2.44. The quantitative estimate of drug-likeness (QED) is 0.813. The van der Waals surface area contributed by atoms with Gasteiger partial charge in [0.1, 0.15) is 0 Å². The van der Waals surface area contributed by atoms with Crippen LogP contribution in [0.5, 0.6) is 0 Å². The zero-order valence-electron chi connectivity index (χ0n) is 11.6. The minimum Gasteiger partial charge on any atom is -0.291 e. The van der Waals surface area contributed by atoms with E-state index in [0.717, 1.165) is 25.5 Å². The normalized spacial score (nSPS) is 17.6. The van der Waals surface area contributed by atoms with E-state index in [1.54, 1.807) is 4.80 Å². The molecule has 0 N–H and O–H groups in total. The summed E-state index contributed by atoms with van der Waals surface area (Å²) in [5.41, 5.74) is -0.113. The van der Waals surface area contributed by atoms with Crippen LogP contribution in [0.3, 0.4) is 0 Å². The largest absolute Gasteiger partial charge is 0.291 e. The molecule has 0 unspecified atom stereocenters. The van der Waals surface area contributed by atoms with Crippen molar-refractivity contribution in [3.05, 3.63) is 24.3 Å². The van der Waals surface area contributed by atoms with E-state index in [1.165, 1.54) is 0 Å². The Hall–Kier alpha value is -1.76. The summed E-state index contributed by atoms with van der Waals surface area (Å²) in [4.78, 5) is 3.98. The number of hydrogen-bond donors (Lipinski definition) is 0. The summed E-state index contributed by atoms with van der Waals surface area (Å²) < 4.78 is 2.01. The number of tetrazole rings is 1. The van der Waals surface area contributed by atoms with Gasteiger partial charge in [0.2, 0.25) is 0 Å². The fourth-order valence-corrected chi connectivity index (χ4v) is 2.13. The van der Waals surface area contributed by atoms with Crippen molar-refractivity contribution in [2.24, 2.45) is 0 Å². The Morgan fingerprint density at radius 3 is 2.68 bits per heavy atom. The molecule has 1 aliphatic heterocycles. The molecule has 3 rings (SSSR count). The Kier molecular flexibility index (Phi) is 2.85. The second-order valence-corrected chi connectivity index (χ2v) is 6.00. The topological polar surface area (TPSA) is 64.7 Å². The Labute approximate surface area is 112 Å². The van der Waals surface area contributed by atoms with Crippen molar-refractivity contribution in [3.63, 3.8) is 0 Å². The maximum Gasteiger partial charge on any atom is 0.188 e. The maximum atomic E-state index is 4.42. The van der Waals surface area contributed by atoms with Gasteiger partial charge in [-0.1, -0.05) is 0 Å². The van der Waals surface area contributed by atoms with Crippen LogP contribution >= 0.6 is 0 Å². The van der Waals surface area contributed by atoms with Crippen molar-refractivity contribution in [2.45, 2.75) is 38.9 Å². The summed E-state index contributed by atoms with van der Waals surface area (Å²) in [7, 11) is 0. The molecule has 102 valence electrons. The number of likely N-dealkylation sites (tertiary alicyclic amines) is 1. The van der Waals surface area contributed by atoms with E-state index in [-0.39, 0.29) is 5.54 Å². The molecule has 19 heavy (non-hydrogen) atoms. The SMILES string of the molecule is CC(C)(C)n1nnc(CN2CC(n3cccn3)C2)n1. The van der Waals surface area contributed by atoms with Crippen molar-refractivity contribution >= 4 is 0 Å². The van der Waals surface area contributed by atoms with Gasteiger partial charge in [-0.3, -0.25) is 9.58 Å². The van der Waals surface area contributed by atoms with E-state index in [1.807, 2.05) is 23.1 Å². The monoisotopic (exact) mass is 261 g/mol. The highest BCUT2D eigenvalue weighted by molar-refractivity contribution is 4.91. The molecule has 1 fully saturated rings. The summed E-state index contributed by atoms with van der Waals surface area (Å²) >= 11 is 0. The van der Waals surface area contributed by atoms with Gasteiger partial charge >= 0.3 is 0 Å². The third-order valence-electron chi connectivity index (χ3n) is 3.26. The van der Waals surface area contributed by atoms with Crippen LogP contribution in [-0.4, -0.2) is 48.0 Å². The molecule has 0 amide bonds. The third-order valence-corrected chi connectivity index (χ3v) is 3.26. The highest BCUT2D eigenvalue weighted by atomic mass is 15.6. The first kappa shape index (κ1) is 12.3. The molecule has 0 aliphatic carbocycles. The highest BCUT2D eigenvalue weighted by Gasteiger charge is 2.29. The summed E-state index contributed by atoms with van der Waals surface area (Å²) in [6.45, 7) is 8.94. The molecule has 0 saturated carbocycles. The zero-order valence-corrected chi connectivity index (χ0v) is 11.6. The fraction of sp³-hybridized carbons (Fsp3) is 0.667. The van der Waals surface area contributed by atoms with E-state index in [4.69, 9.17) is 0 Å². The number of hydrogen-bond acceptors (Lipinski definition) is 5. The summed E-state index contributed by atoms with van der Waals surface area (Å²) in [5.74, 6) is 0.786. The highest BCUT2D eigenvalue weighted by Crippen LogP contribution is 2.21. The van der Waals surface area contributed by atoms with E-state index >= 15 is 0 Å². The van der Waals surface area contributed by atoms with Crippen LogP contribution in [-0.2, 0) is 12.1 Å². The van der Waals surface area contributed by atoms with Gasteiger partial charge in [0, 0.05) is 25.5 Å². The van der Waals surface area contributed by atoms with Gasteiger partial charge in [-0.2, -0.15) is 9.90 Å². The first-order chi connectivity index (χ1) is 9.02. The van der Waals surface area contributed by atoms with Crippen molar-refractivity contribution in [2.75, 3.05) is 13.1 Å².